The molecular formula is C20H22N2O3. The summed E-state index contributed by atoms with van der Waals surface area (Å²) in [6, 6.07) is 9.12. The average Bonchev–Trinajstić information content (AvgIpc) is 2.89. The number of aromatic nitrogens is 1. The van der Waals surface area contributed by atoms with Crippen molar-refractivity contribution in [1.29, 1.82) is 5.26 Å². The second kappa shape index (κ2) is 8.20. The molecule has 0 aliphatic carbocycles. The lowest BCUT2D eigenvalue weighted by atomic mass is 10.1. The monoisotopic (exact) mass is 338 g/mol. The molecule has 2 rings (SSSR count). The third-order valence-electron chi connectivity index (χ3n) is 3.93. The van der Waals surface area contributed by atoms with Crippen LogP contribution < -0.4 is 9.47 Å². The van der Waals surface area contributed by atoms with Crippen molar-refractivity contribution in [3.05, 3.63) is 52.9 Å². The fourth-order valence-corrected chi connectivity index (χ4v) is 2.49. The predicted molar refractivity (Wildman–Crippen MR) is 97.0 cm³/mol. The summed E-state index contributed by atoms with van der Waals surface area (Å²) in [7, 11) is 1.83. The fourth-order valence-electron chi connectivity index (χ4n) is 2.49. The first-order chi connectivity index (χ1) is 12.0. The summed E-state index contributed by atoms with van der Waals surface area (Å²) in [5, 5.41) is 9.10. The van der Waals surface area contributed by atoms with E-state index in [0.29, 0.717) is 36.0 Å². The van der Waals surface area contributed by atoms with Crippen LogP contribution in [0, 0.1) is 18.3 Å². The highest BCUT2D eigenvalue weighted by Gasteiger charge is 2.13. The van der Waals surface area contributed by atoms with E-state index in [1.165, 1.54) is 6.08 Å². The molecule has 130 valence electrons. The van der Waals surface area contributed by atoms with Gasteiger partial charge in [-0.05, 0) is 62.8 Å². The number of hydrogen-bond acceptors (Lipinski definition) is 4. The predicted octanol–water partition coefficient (Wildman–Crippen LogP) is 3.90. The number of carbonyl (C=O) groups excluding carboxylic acids is 1. The molecular weight excluding hydrogens is 316 g/mol. The molecule has 0 atom stereocenters. The van der Waals surface area contributed by atoms with Gasteiger partial charge < -0.3 is 14.0 Å². The van der Waals surface area contributed by atoms with Crippen LogP contribution in [0.5, 0.6) is 11.5 Å². The Kier molecular flexibility index (Phi) is 6.02. The van der Waals surface area contributed by atoms with E-state index in [1.807, 2.05) is 27.8 Å². The summed E-state index contributed by atoms with van der Waals surface area (Å²) in [4.78, 5) is 12.6. The van der Waals surface area contributed by atoms with Crippen LogP contribution in [0.4, 0.5) is 0 Å². The molecule has 0 unspecified atom stereocenters. The van der Waals surface area contributed by atoms with Crippen LogP contribution in [0.2, 0.25) is 0 Å². The number of ether oxygens (including phenoxy) is 2. The number of carbonyl (C=O) groups is 1. The van der Waals surface area contributed by atoms with Crippen LogP contribution in [-0.2, 0) is 7.05 Å². The zero-order chi connectivity index (χ0) is 18.4. The number of benzene rings is 1. The van der Waals surface area contributed by atoms with Gasteiger partial charge in [-0.1, -0.05) is 0 Å². The Morgan fingerprint density at radius 2 is 1.96 bits per heavy atom. The number of hydrogen-bond donors (Lipinski definition) is 0. The second-order valence-electron chi connectivity index (χ2n) is 5.46. The van der Waals surface area contributed by atoms with Gasteiger partial charge >= 0.3 is 0 Å². The van der Waals surface area contributed by atoms with Crippen molar-refractivity contribution in [2.24, 2.45) is 7.05 Å². The third kappa shape index (κ3) is 4.10. The number of ketones is 1. The Balaban J connectivity index is 2.33. The Bertz CT molecular complexity index is 841. The van der Waals surface area contributed by atoms with Crippen molar-refractivity contribution >= 4 is 11.9 Å². The molecule has 25 heavy (non-hydrogen) atoms. The van der Waals surface area contributed by atoms with Crippen LogP contribution in [0.3, 0.4) is 0 Å². The van der Waals surface area contributed by atoms with E-state index >= 15 is 0 Å². The van der Waals surface area contributed by atoms with E-state index in [4.69, 9.17) is 14.7 Å². The van der Waals surface area contributed by atoms with Crippen LogP contribution >= 0.6 is 0 Å². The Labute approximate surface area is 148 Å². The van der Waals surface area contributed by atoms with E-state index in [9.17, 15) is 4.79 Å². The molecule has 0 radical (unpaired) electrons. The van der Waals surface area contributed by atoms with Gasteiger partial charge in [-0.2, -0.15) is 5.26 Å². The standard InChI is InChI=1S/C20H22N2O3/c1-5-24-17-8-10-20(25-6-2)18(12-17)19(23)9-7-15-11-16(13-21)22(4)14(15)3/h7-12H,5-6H2,1-4H3/b9-7+. The fraction of sp³-hybridized carbons (Fsp3) is 0.300. The summed E-state index contributed by atoms with van der Waals surface area (Å²) >= 11 is 0. The third-order valence-corrected chi connectivity index (χ3v) is 3.93. The van der Waals surface area contributed by atoms with Crippen molar-refractivity contribution in [3.63, 3.8) is 0 Å². The van der Waals surface area contributed by atoms with Gasteiger partial charge in [0.05, 0.1) is 18.8 Å². The van der Waals surface area contributed by atoms with Crippen molar-refractivity contribution in [2.75, 3.05) is 13.2 Å². The zero-order valence-electron chi connectivity index (χ0n) is 15.0. The van der Waals surface area contributed by atoms with E-state index < -0.39 is 0 Å². The van der Waals surface area contributed by atoms with Crippen LogP contribution in [0.15, 0.2) is 30.3 Å². The first kappa shape index (κ1) is 18.3. The molecule has 0 aliphatic rings. The highest BCUT2D eigenvalue weighted by molar-refractivity contribution is 6.09. The first-order valence-corrected chi connectivity index (χ1v) is 8.20. The molecule has 0 fully saturated rings. The van der Waals surface area contributed by atoms with Gasteiger partial charge in [0.15, 0.2) is 5.78 Å². The van der Waals surface area contributed by atoms with Crippen molar-refractivity contribution < 1.29 is 14.3 Å². The lowest BCUT2D eigenvalue weighted by molar-refractivity contribution is 0.104. The Morgan fingerprint density at radius 1 is 1.24 bits per heavy atom. The quantitative estimate of drug-likeness (QED) is 0.567. The minimum absolute atomic E-state index is 0.174. The highest BCUT2D eigenvalue weighted by atomic mass is 16.5. The molecule has 5 nitrogen and oxygen atoms in total. The summed E-state index contributed by atoms with van der Waals surface area (Å²) in [5.41, 5.74) is 2.77. The number of allylic oxidation sites excluding steroid dienone is 1. The minimum Gasteiger partial charge on any atom is -0.494 e. The Morgan fingerprint density at radius 3 is 2.56 bits per heavy atom. The maximum atomic E-state index is 12.6. The Hall–Kier alpha value is -3.00. The smallest absolute Gasteiger partial charge is 0.189 e. The van der Waals surface area contributed by atoms with E-state index in [1.54, 1.807) is 34.9 Å². The molecule has 1 heterocycles. The largest absolute Gasteiger partial charge is 0.494 e. The summed E-state index contributed by atoms with van der Waals surface area (Å²) < 4.78 is 12.8. The topological polar surface area (TPSA) is 64.2 Å². The molecule has 5 heteroatoms. The van der Waals surface area contributed by atoms with Gasteiger partial charge in [0.1, 0.15) is 23.3 Å². The second-order valence-corrected chi connectivity index (χ2v) is 5.46. The van der Waals surface area contributed by atoms with Gasteiger partial charge in [0.25, 0.3) is 0 Å². The normalized spacial score (nSPS) is 10.7. The first-order valence-electron chi connectivity index (χ1n) is 8.20. The molecule has 0 amide bonds. The molecule has 0 saturated carbocycles. The maximum absolute atomic E-state index is 12.6. The van der Waals surface area contributed by atoms with E-state index in [0.717, 1.165) is 11.3 Å². The molecule has 0 aliphatic heterocycles. The summed E-state index contributed by atoms with van der Waals surface area (Å²) in [6.45, 7) is 6.67. The molecule has 1 aromatic carbocycles. The van der Waals surface area contributed by atoms with Crippen molar-refractivity contribution in [2.45, 2.75) is 20.8 Å². The minimum atomic E-state index is -0.174. The zero-order valence-corrected chi connectivity index (χ0v) is 15.0. The molecule has 1 aromatic heterocycles. The van der Waals surface area contributed by atoms with Crippen molar-refractivity contribution in [3.8, 4) is 17.6 Å². The van der Waals surface area contributed by atoms with E-state index in [2.05, 4.69) is 6.07 Å². The summed E-state index contributed by atoms with van der Waals surface area (Å²) in [5.74, 6) is 0.986. The number of nitriles is 1. The van der Waals surface area contributed by atoms with Crippen LogP contribution in [-0.4, -0.2) is 23.6 Å². The number of nitrogens with zero attached hydrogens (tertiary/aromatic N) is 2. The highest BCUT2D eigenvalue weighted by Crippen LogP contribution is 2.26. The van der Waals surface area contributed by atoms with Crippen molar-refractivity contribution in [1.82, 2.24) is 4.57 Å². The van der Waals surface area contributed by atoms with Gasteiger partial charge in [-0.25, -0.2) is 0 Å². The van der Waals surface area contributed by atoms with Crippen LogP contribution in [0.1, 0.15) is 41.2 Å². The molecule has 0 spiro atoms. The van der Waals surface area contributed by atoms with Gasteiger partial charge in [-0.15, -0.1) is 0 Å². The molecule has 2 aromatic rings. The summed E-state index contributed by atoms with van der Waals surface area (Å²) in [6.07, 6.45) is 3.22. The number of rotatable bonds is 7. The lowest BCUT2D eigenvalue weighted by Crippen LogP contribution is -2.03. The molecule has 0 bridgehead atoms. The van der Waals surface area contributed by atoms with Crippen LogP contribution in [0.25, 0.3) is 6.08 Å². The maximum Gasteiger partial charge on any atom is 0.189 e. The molecule has 0 N–H and O–H groups in total. The van der Waals surface area contributed by atoms with Gasteiger partial charge in [0.2, 0.25) is 0 Å². The SMILES string of the molecule is CCOc1ccc(OCC)c(C(=O)/C=C/c2cc(C#N)n(C)c2C)c1. The average molecular weight is 338 g/mol. The van der Waals surface area contributed by atoms with E-state index in [-0.39, 0.29) is 5.78 Å². The lowest BCUT2D eigenvalue weighted by Gasteiger charge is -2.10. The van der Waals surface area contributed by atoms with Gasteiger partial charge in [0, 0.05) is 12.7 Å². The van der Waals surface area contributed by atoms with Gasteiger partial charge in [-0.3, -0.25) is 4.79 Å². The molecule has 0 saturated heterocycles.